The summed E-state index contributed by atoms with van der Waals surface area (Å²) >= 11 is 2.76. The maximum atomic E-state index is 12.6. The van der Waals surface area contributed by atoms with Crippen LogP contribution in [0.4, 0.5) is 33.0 Å². The third kappa shape index (κ3) is 17.2. The molecular formula is C34H46Br2N10O6S4. The highest BCUT2D eigenvalue weighted by Crippen LogP contribution is 2.24. The summed E-state index contributed by atoms with van der Waals surface area (Å²) in [6.45, 7) is 2.88. The number of thiazole rings is 2. The highest BCUT2D eigenvalue weighted by Gasteiger charge is 2.17. The smallest absolute Gasteiger partial charge is 0.408 e. The van der Waals surface area contributed by atoms with Gasteiger partial charge >= 0.3 is 10.3 Å². The summed E-state index contributed by atoms with van der Waals surface area (Å²) < 4.78 is 3.48. The zero-order valence-corrected chi connectivity index (χ0v) is 36.8. The number of benzene rings is 2. The molecule has 6 N–H and O–H groups in total. The molecule has 0 aliphatic rings. The SMILES string of the molecule is O=C(C[n+]1ccsc1N=Nc1ccc(N(CCO)CCO)cc1)NCCSSCCNC(=O)C[n+]1ccsc1N=Nc1ccc(N(CCO)CCO)cc1.[Br-].[Br-]. The molecule has 0 saturated carbocycles. The van der Waals surface area contributed by atoms with Crippen LogP contribution in [0.5, 0.6) is 0 Å². The van der Waals surface area contributed by atoms with E-state index in [4.69, 9.17) is 0 Å². The van der Waals surface area contributed by atoms with Gasteiger partial charge < -0.3 is 74.8 Å². The van der Waals surface area contributed by atoms with Crippen LogP contribution in [-0.4, -0.2) is 109 Å². The van der Waals surface area contributed by atoms with Crippen molar-refractivity contribution in [3.63, 3.8) is 0 Å². The molecule has 2 aromatic heterocycles. The average molecular weight is 979 g/mol. The van der Waals surface area contributed by atoms with Gasteiger partial charge in [-0.15, -0.1) is 0 Å². The Morgan fingerprint density at radius 2 is 0.946 bits per heavy atom. The van der Waals surface area contributed by atoms with E-state index in [-0.39, 0.29) is 85.3 Å². The van der Waals surface area contributed by atoms with Gasteiger partial charge in [0.25, 0.3) is 11.8 Å². The van der Waals surface area contributed by atoms with Gasteiger partial charge in [-0.25, -0.2) is 9.13 Å². The molecule has 0 unspecified atom stereocenters. The fourth-order valence-electron chi connectivity index (χ4n) is 4.88. The first kappa shape index (κ1) is 49.1. The van der Waals surface area contributed by atoms with Gasteiger partial charge in [0.2, 0.25) is 0 Å². The number of nitrogens with one attached hydrogen (secondary N) is 2. The summed E-state index contributed by atoms with van der Waals surface area (Å²) in [5.74, 6) is 1.15. The van der Waals surface area contributed by atoms with Crippen LogP contribution in [-0.2, 0) is 22.7 Å². The van der Waals surface area contributed by atoms with Gasteiger partial charge in [0.1, 0.15) is 23.8 Å². The molecule has 16 nitrogen and oxygen atoms in total. The van der Waals surface area contributed by atoms with Crippen LogP contribution in [0.15, 0.2) is 92.1 Å². The number of halogens is 2. The van der Waals surface area contributed by atoms with Crippen molar-refractivity contribution >= 4 is 89.1 Å². The normalized spacial score (nSPS) is 11.0. The van der Waals surface area contributed by atoms with E-state index in [0.717, 1.165) is 11.4 Å². The number of carbonyl (C=O) groups is 2. The summed E-state index contributed by atoms with van der Waals surface area (Å²) in [6, 6.07) is 14.7. The van der Waals surface area contributed by atoms with E-state index in [1.54, 1.807) is 43.1 Å². The summed E-state index contributed by atoms with van der Waals surface area (Å²) in [6.07, 6.45) is 3.59. The molecule has 0 aliphatic carbocycles. The van der Waals surface area contributed by atoms with Gasteiger partial charge in [-0.1, -0.05) is 21.6 Å². The van der Waals surface area contributed by atoms with E-state index < -0.39 is 0 Å². The minimum absolute atomic E-state index is 0. The molecule has 0 spiro atoms. The molecule has 2 aromatic carbocycles. The van der Waals surface area contributed by atoms with Gasteiger partial charge in [-0.3, -0.25) is 9.59 Å². The van der Waals surface area contributed by atoms with Crippen molar-refractivity contribution in [2.24, 2.45) is 20.5 Å². The van der Waals surface area contributed by atoms with Gasteiger partial charge in [-0.2, -0.15) is 0 Å². The second kappa shape index (κ2) is 28.4. The van der Waals surface area contributed by atoms with Crippen molar-refractivity contribution in [3.8, 4) is 0 Å². The minimum atomic E-state index is -0.132. The quantitative estimate of drug-likeness (QED) is 0.0174. The first-order valence-electron chi connectivity index (χ1n) is 17.1. The van der Waals surface area contributed by atoms with E-state index >= 15 is 0 Å². The number of carbonyl (C=O) groups excluding carboxylic acids is 2. The molecule has 0 aliphatic heterocycles. The predicted molar refractivity (Wildman–Crippen MR) is 214 cm³/mol. The lowest BCUT2D eigenvalue weighted by Gasteiger charge is -2.22. The number of nitrogens with zero attached hydrogens (tertiary/aromatic N) is 8. The average Bonchev–Trinajstić information content (AvgIpc) is 3.83. The molecule has 0 fully saturated rings. The summed E-state index contributed by atoms with van der Waals surface area (Å²) in [5, 5.41) is 65.0. The molecule has 0 radical (unpaired) electrons. The zero-order valence-electron chi connectivity index (χ0n) is 30.4. The number of anilines is 2. The lowest BCUT2D eigenvalue weighted by Crippen LogP contribution is -3.00. The van der Waals surface area contributed by atoms with Crippen molar-refractivity contribution < 1.29 is 73.1 Å². The number of aliphatic hydroxyl groups is 4. The van der Waals surface area contributed by atoms with E-state index in [1.807, 2.05) is 69.1 Å². The largest absolute Gasteiger partial charge is 1.00 e. The van der Waals surface area contributed by atoms with Crippen LogP contribution in [0, 0.1) is 0 Å². The van der Waals surface area contributed by atoms with Gasteiger partial charge in [0.05, 0.1) is 36.7 Å². The summed E-state index contributed by atoms with van der Waals surface area (Å²) in [4.78, 5) is 28.9. The van der Waals surface area contributed by atoms with Crippen LogP contribution in [0.3, 0.4) is 0 Å². The molecule has 2 amide bonds. The zero-order chi connectivity index (χ0) is 38.4. The van der Waals surface area contributed by atoms with Crippen LogP contribution >= 0.6 is 44.3 Å². The van der Waals surface area contributed by atoms with E-state index in [1.165, 1.54) is 22.7 Å². The third-order valence-electron chi connectivity index (χ3n) is 7.46. The molecule has 0 bridgehead atoms. The molecule has 0 saturated heterocycles. The van der Waals surface area contributed by atoms with Crippen molar-refractivity contribution in [2.75, 3.05) is 87.0 Å². The monoisotopic (exact) mass is 976 g/mol. The molecule has 306 valence electrons. The maximum absolute atomic E-state index is 12.6. The number of aliphatic hydroxyl groups excluding tert-OH is 4. The van der Waals surface area contributed by atoms with Crippen LogP contribution < -0.4 is 63.5 Å². The van der Waals surface area contributed by atoms with Crippen LogP contribution in [0.25, 0.3) is 0 Å². The maximum Gasteiger partial charge on any atom is 0.408 e. The topological polar surface area (TPSA) is 203 Å². The fraction of sp³-hybridized carbons (Fsp3) is 0.412. The molecule has 4 aromatic rings. The first-order valence-corrected chi connectivity index (χ1v) is 21.4. The number of hydrogen-bond donors (Lipinski definition) is 6. The van der Waals surface area contributed by atoms with Crippen molar-refractivity contribution in [3.05, 3.63) is 71.7 Å². The highest BCUT2D eigenvalue weighted by atomic mass is 79.9. The molecule has 22 heteroatoms. The molecular weight excluding hydrogens is 933 g/mol. The minimum Gasteiger partial charge on any atom is -1.00 e. The summed E-state index contributed by atoms with van der Waals surface area (Å²) in [5.41, 5.74) is 3.02. The van der Waals surface area contributed by atoms with Gasteiger partial charge in [0, 0.05) is 72.9 Å². The van der Waals surface area contributed by atoms with Crippen molar-refractivity contribution in [2.45, 2.75) is 13.1 Å². The van der Waals surface area contributed by atoms with Crippen LogP contribution in [0.1, 0.15) is 0 Å². The fourth-order valence-corrected chi connectivity index (χ4v) is 8.05. The third-order valence-corrected chi connectivity index (χ3v) is 11.4. The number of rotatable bonds is 25. The Bertz CT molecular complexity index is 1630. The van der Waals surface area contributed by atoms with E-state index in [9.17, 15) is 30.0 Å². The highest BCUT2D eigenvalue weighted by molar-refractivity contribution is 8.76. The standard InChI is InChI=1S/C34H44N10O6S4.2BrH/c45-17-11-41(12-18-46)29-5-1-27(2-6-29)37-39-33-43(15-23-51-33)25-31(49)35-9-21-53-54-22-10-36-32(50)26-44-16-24-52-34(44)40-38-28-3-7-30(8-4-28)42(13-19-47)14-20-48;;/h1-8,15-16,23-24,45-48H,9-14,17-22,25-26H2;2*1H. The molecule has 56 heavy (non-hydrogen) atoms. The number of amides is 2. The molecule has 4 rings (SSSR count). The second-order valence-corrected chi connectivity index (χ2v) is 15.7. The first-order chi connectivity index (χ1) is 26.4. The number of hydrogen-bond acceptors (Lipinski definition) is 16. The van der Waals surface area contributed by atoms with E-state index in [2.05, 4.69) is 31.1 Å². The van der Waals surface area contributed by atoms with Crippen molar-refractivity contribution in [1.82, 2.24) is 10.6 Å². The van der Waals surface area contributed by atoms with Crippen LogP contribution in [0.2, 0.25) is 0 Å². The lowest BCUT2D eigenvalue weighted by molar-refractivity contribution is -0.667. The Kier molecular flexibility index (Phi) is 24.9. The Morgan fingerprint density at radius 1 is 0.589 bits per heavy atom. The Labute approximate surface area is 362 Å². The Hall–Kier alpha value is -3.06. The lowest BCUT2D eigenvalue weighted by atomic mass is 10.2. The summed E-state index contributed by atoms with van der Waals surface area (Å²) in [7, 11) is 3.24. The Balaban J connectivity index is 0.00000541. The van der Waals surface area contributed by atoms with Gasteiger partial charge in [-0.05, 0) is 81.4 Å². The predicted octanol–water partition coefficient (Wildman–Crippen LogP) is -2.88. The number of azo groups is 2. The number of aromatic nitrogens is 2. The molecule has 0 atom stereocenters. The Morgan fingerprint density at radius 3 is 1.29 bits per heavy atom. The van der Waals surface area contributed by atoms with Crippen molar-refractivity contribution in [1.29, 1.82) is 0 Å². The van der Waals surface area contributed by atoms with E-state index in [0.29, 0.717) is 72.4 Å². The second-order valence-electron chi connectivity index (χ2n) is 11.3. The molecule has 2 heterocycles. The van der Waals surface area contributed by atoms with Gasteiger partial charge in [0.15, 0.2) is 13.1 Å².